The van der Waals surface area contributed by atoms with Crippen LogP contribution in [0.25, 0.3) is 21.7 Å². The lowest BCUT2D eigenvalue weighted by molar-refractivity contribution is -0.128. The topological polar surface area (TPSA) is 90.5 Å². The molecule has 2 atom stereocenters. The smallest absolute Gasteiger partial charge is 0.319 e. The number of amides is 1. The minimum Gasteiger partial charge on any atom is -0.462 e. The van der Waals surface area contributed by atoms with Crippen LogP contribution in [0.1, 0.15) is 24.8 Å². The number of carbonyl (C=O) groups excluding carboxylic acids is 1. The molecule has 0 radical (unpaired) electrons. The van der Waals surface area contributed by atoms with Crippen LogP contribution in [0.2, 0.25) is 0 Å². The molecule has 0 N–H and O–H groups in total. The van der Waals surface area contributed by atoms with E-state index in [0.29, 0.717) is 44.8 Å². The van der Waals surface area contributed by atoms with Gasteiger partial charge in [-0.05, 0) is 48.8 Å². The molecule has 6 rings (SSSR count). The normalized spacial score (nSPS) is 19.5. The van der Waals surface area contributed by atoms with Gasteiger partial charge in [-0.25, -0.2) is 0 Å². The number of hydrogen-bond donors (Lipinski definition) is 0. The molecule has 1 amide bonds. The number of carbonyl (C=O) groups is 1. The Hall–Kier alpha value is -4.42. The molecule has 2 aliphatic heterocycles. The number of anilines is 1. The second-order valence-corrected chi connectivity index (χ2v) is 11.0. The summed E-state index contributed by atoms with van der Waals surface area (Å²) in [5, 5.41) is 12.9. The Labute approximate surface area is 240 Å². The average Bonchev–Trinajstić information content (AvgIpc) is 3.60. The van der Waals surface area contributed by atoms with Gasteiger partial charge in [-0.3, -0.25) is 4.79 Å². The first-order valence-electron chi connectivity index (χ1n) is 14.3. The summed E-state index contributed by atoms with van der Waals surface area (Å²) in [5.41, 5.74) is 2.04. The maximum absolute atomic E-state index is 12.5. The molecule has 0 spiro atoms. The lowest BCUT2D eigenvalue weighted by Crippen LogP contribution is -2.55. The molecular formula is C32H35N7O2. The first-order chi connectivity index (χ1) is 20.0. The van der Waals surface area contributed by atoms with Crippen LogP contribution in [0.5, 0.6) is 6.01 Å². The van der Waals surface area contributed by atoms with E-state index >= 15 is 0 Å². The van der Waals surface area contributed by atoms with Crippen LogP contribution in [0.3, 0.4) is 0 Å². The largest absolute Gasteiger partial charge is 0.462 e. The fraction of sp³-hybridized carbons (Fsp3) is 0.375. The summed E-state index contributed by atoms with van der Waals surface area (Å²) in [6.07, 6.45) is 7.98. The molecule has 0 saturated carbocycles. The maximum Gasteiger partial charge on any atom is 0.319 e. The Morgan fingerprint density at radius 3 is 2.76 bits per heavy atom. The predicted molar refractivity (Wildman–Crippen MR) is 160 cm³/mol. The van der Waals surface area contributed by atoms with Crippen molar-refractivity contribution in [2.24, 2.45) is 0 Å². The Morgan fingerprint density at radius 1 is 1.10 bits per heavy atom. The van der Waals surface area contributed by atoms with Gasteiger partial charge in [0.1, 0.15) is 12.4 Å². The van der Waals surface area contributed by atoms with Gasteiger partial charge in [0.15, 0.2) is 0 Å². The van der Waals surface area contributed by atoms with Gasteiger partial charge in [-0.15, -0.1) is 0 Å². The summed E-state index contributed by atoms with van der Waals surface area (Å²) in [5.74, 6) is 0.624. The van der Waals surface area contributed by atoms with Gasteiger partial charge in [0.05, 0.1) is 29.4 Å². The van der Waals surface area contributed by atoms with E-state index in [9.17, 15) is 10.1 Å². The lowest BCUT2D eigenvalue weighted by atomic mass is 10.0. The summed E-state index contributed by atoms with van der Waals surface area (Å²) >= 11 is 0. The predicted octanol–water partition coefficient (Wildman–Crippen LogP) is 4.22. The quantitative estimate of drug-likeness (QED) is 0.304. The van der Waals surface area contributed by atoms with Gasteiger partial charge >= 0.3 is 6.01 Å². The molecule has 9 heteroatoms. The van der Waals surface area contributed by atoms with E-state index in [4.69, 9.17) is 14.7 Å². The minimum absolute atomic E-state index is 0.149. The summed E-state index contributed by atoms with van der Waals surface area (Å²) in [7, 11) is 2.13. The molecule has 2 aromatic carbocycles. The number of rotatable bonds is 8. The Kier molecular flexibility index (Phi) is 7.57. The average molecular weight is 550 g/mol. The highest BCUT2D eigenvalue weighted by Gasteiger charge is 2.31. The number of aromatic nitrogens is 3. The van der Waals surface area contributed by atoms with Crippen LogP contribution in [0.15, 0.2) is 67.5 Å². The van der Waals surface area contributed by atoms with Crippen molar-refractivity contribution in [3.63, 3.8) is 0 Å². The van der Waals surface area contributed by atoms with Gasteiger partial charge in [-0.2, -0.15) is 15.2 Å². The first kappa shape index (κ1) is 26.8. The van der Waals surface area contributed by atoms with Crippen molar-refractivity contribution >= 4 is 33.4 Å². The van der Waals surface area contributed by atoms with Crippen molar-refractivity contribution < 1.29 is 9.53 Å². The third kappa shape index (κ3) is 5.48. The summed E-state index contributed by atoms with van der Waals surface area (Å²) in [6.45, 7) is 7.53. The van der Waals surface area contributed by atoms with Gasteiger partial charge in [-0.1, -0.05) is 49.0 Å². The van der Waals surface area contributed by atoms with Crippen LogP contribution in [-0.4, -0.2) is 82.2 Å². The van der Waals surface area contributed by atoms with E-state index in [0.717, 1.165) is 29.7 Å². The molecule has 210 valence electrons. The highest BCUT2D eigenvalue weighted by molar-refractivity contribution is 5.91. The number of ether oxygens (including phenoxy) is 1. The van der Waals surface area contributed by atoms with Crippen molar-refractivity contribution in [1.29, 1.82) is 5.26 Å². The Balaban J connectivity index is 1.35. The highest BCUT2D eigenvalue weighted by atomic mass is 16.5. The zero-order valence-corrected chi connectivity index (χ0v) is 23.4. The molecule has 0 bridgehead atoms. The van der Waals surface area contributed by atoms with Crippen LogP contribution in [0, 0.1) is 11.3 Å². The van der Waals surface area contributed by atoms with Gasteiger partial charge in [0, 0.05) is 44.6 Å². The number of likely N-dealkylation sites (N-methyl/N-ethyl adjacent to an activating group) is 1. The monoisotopic (exact) mass is 549 g/mol. The summed E-state index contributed by atoms with van der Waals surface area (Å²) < 4.78 is 8.36. The molecule has 2 aliphatic rings. The lowest BCUT2D eigenvalue weighted by Gasteiger charge is -2.40. The zero-order chi connectivity index (χ0) is 28.3. The third-order valence-corrected chi connectivity index (χ3v) is 8.39. The van der Waals surface area contributed by atoms with Gasteiger partial charge in [0.2, 0.25) is 5.91 Å². The molecule has 41 heavy (non-hydrogen) atoms. The molecule has 0 unspecified atom stereocenters. The summed E-state index contributed by atoms with van der Waals surface area (Å²) in [4.78, 5) is 28.5. The number of fused-ring (bicyclic) bond motifs is 2. The third-order valence-electron chi connectivity index (χ3n) is 8.39. The second kappa shape index (κ2) is 11.6. The molecule has 4 heterocycles. The fourth-order valence-corrected chi connectivity index (χ4v) is 6.16. The fourth-order valence-electron chi connectivity index (χ4n) is 6.16. The Bertz CT molecular complexity index is 1620. The molecule has 4 aromatic rings. The maximum atomic E-state index is 12.5. The van der Waals surface area contributed by atoms with E-state index in [2.05, 4.69) is 88.9 Å². The number of benzene rings is 2. The molecule has 0 aliphatic carbocycles. The zero-order valence-electron chi connectivity index (χ0n) is 23.4. The highest BCUT2D eigenvalue weighted by Crippen LogP contribution is 2.31. The van der Waals surface area contributed by atoms with Crippen LogP contribution >= 0.6 is 0 Å². The number of hydrogen-bond acceptors (Lipinski definition) is 7. The molecule has 2 fully saturated rings. The van der Waals surface area contributed by atoms with Crippen LogP contribution in [0.4, 0.5) is 5.82 Å². The van der Waals surface area contributed by atoms with Crippen molar-refractivity contribution in [2.75, 3.05) is 44.7 Å². The van der Waals surface area contributed by atoms with Gasteiger partial charge in [0.25, 0.3) is 0 Å². The van der Waals surface area contributed by atoms with E-state index in [1.54, 1.807) is 4.90 Å². The molecule has 2 saturated heterocycles. The standard InChI is InChI=1S/C32H35N7O2/c1-3-30(40)39-17-16-38(19-25(39)13-14-33)31-28-20-37(18-24-10-6-9-23-8-4-5-12-27(23)24)21-29(28)34-32(35-31)41-22-26-11-7-15-36(26)2/h3-6,8-10,12,20-21,25-26H,1,7,11,13,15-19,22H2,2H3/t25-,26-/m0/s1. The Morgan fingerprint density at radius 2 is 1.95 bits per heavy atom. The number of likely N-dealkylation sites (tertiary alicyclic amines) is 1. The van der Waals surface area contributed by atoms with Crippen molar-refractivity contribution in [1.82, 2.24) is 24.3 Å². The number of nitriles is 1. The first-order valence-corrected chi connectivity index (χ1v) is 14.3. The second-order valence-electron chi connectivity index (χ2n) is 11.0. The number of nitrogens with zero attached hydrogens (tertiary/aromatic N) is 7. The molecule has 2 aromatic heterocycles. The van der Waals surface area contributed by atoms with Gasteiger partial charge < -0.3 is 24.0 Å². The number of piperazine rings is 1. The van der Waals surface area contributed by atoms with Crippen LogP contribution in [-0.2, 0) is 11.3 Å². The minimum atomic E-state index is -0.251. The van der Waals surface area contributed by atoms with Crippen molar-refractivity contribution in [2.45, 2.75) is 37.9 Å². The summed E-state index contributed by atoms with van der Waals surface area (Å²) in [6, 6.07) is 17.5. The van der Waals surface area contributed by atoms with E-state index in [1.165, 1.54) is 28.8 Å². The SMILES string of the molecule is C=CC(=O)N1CCN(c2nc(OC[C@@H]3CCCN3C)nc3cn(Cc4cccc5ccccc45)cc23)C[C@@H]1CC#N. The van der Waals surface area contributed by atoms with Crippen molar-refractivity contribution in [3.05, 3.63) is 73.1 Å². The van der Waals surface area contributed by atoms with E-state index in [1.807, 2.05) is 0 Å². The van der Waals surface area contributed by atoms with E-state index in [-0.39, 0.29) is 18.4 Å². The molecular weight excluding hydrogens is 514 g/mol. The molecule has 9 nitrogen and oxygen atoms in total. The van der Waals surface area contributed by atoms with E-state index < -0.39 is 0 Å². The van der Waals surface area contributed by atoms with Crippen molar-refractivity contribution in [3.8, 4) is 12.1 Å². The van der Waals surface area contributed by atoms with Crippen LogP contribution < -0.4 is 9.64 Å².